The highest BCUT2D eigenvalue weighted by Crippen LogP contribution is 2.22. The van der Waals surface area contributed by atoms with Gasteiger partial charge in [0.2, 0.25) is 5.91 Å². The first-order valence-electron chi connectivity index (χ1n) is 6.63. The van der Waals surface area contributed by atoms with Crippen molar-refractivity contribution in [3.63, 3.8) is 0 Å². The van der Waals surface area contributed by atoms with Gasteiger partial charge >= 0.3 is 5.63 Å². The summed E-state index contributed by atoms with van der Waals surface area (Å²) in [4.78, 5) is 24.6. The summed E-state index contributed by atoms with van der Waals surface area (Å²) in [5.41, 5.74) is 1.40. The summed E-state index contributed by atoms with van der Waals surface area (Å²) < 4.78 is 5.19. The van der Waals surface area contributed by atoms with Gasteiger partial charge in [-0.2, -0.15) is 0 Å². The van der Waals surface area contributed by atoms with Gasteiger partial charge in [0.25, 0.3) is 0 Å². The number of amides is 1. The fraction of sp³-hybridized carbons (Fsp3) is 0.333. The van der Waals surface area contributed by atoms with Gasteiger partial charge in [-0.3, -0.25) is 9.69 Å². The Labute approximate surface area is 122 Å². The first-order chi connectivity index (χ1) is 9.99. The molecule has 0 saturated carbocycles. The van der Waals surface area contributed by atoms with Gasteiger partial charge in [0.1, 0.15) is 5.58 Å². The molecule has 0 fully saturated rings. The van der Waals surface area contributed by atoms with E-state index in [1.54, 1.807) is 12.1 Å². The molecule has 0 atom stereocenters. The van der Waals surface area contributed by atoms with Crippen molar-refractivity contribution in [1.82, 2.24) is 4.90 Å². The minimum Gasteiger partial charge on any atom is -0.423 e. The van der Waals surface area contributed by atoms with Crippen LogP contribution in [-0.4, -0.2) is 36.1 Å². The van der Waals surface area contributed by atoms with Crippen molar-refractivity contribution in [1.29, 1.82) is 0 Å². The van der Waals surface area contributed by atoms with E-state index in [-0.39, 0.29) is 12.5 Å². The van der Waals surface area contributed by atoms with Crippen molar-refractivity contribution in [2.45, 2.75) is 13.5 Å². The van der Waals surface area contributed by atoms with Gasteiger partial charge in [-0.15, -0.1) is 0 Å². The molecular weight excluding hydrogens is 272 g/mol. The summed E-state index contributed by atoms with van der Waals surface area (Å²) in [5.74, 6) is -0.185. The number of aliphatic hydroxyl groups is 1. The van der Waals surface area contributed by atoms with Gasteiger partial charge in [0.15, 0.2) is 0 Å². The predicted octanol–water partition coefficient (Wildman–Crippen LogP) is 1.18. The maximum atomic E-state index is 11.7. The van der Waals surface area contributed by atoms with Crippen LogP contribution in [0.4, 0.5) is 5.69 Å². The van der Waals surface area contributed by atoms with E-state index in [0.717, 1.165) is 10.9 Å². The van der Waals surface area contributed by atoms with Gasteiger partial charge in [0, 0.05) is 43.2 Å². The molecule has 0 saturated heterocycles. The Morgan fingerprint density at radius 3 is 2.81 bits per heavy atom. The zero-order chi connectivity index (χ0) is 15.4. The number of hydrogen-bond donors (Lipinski definition) is 2. The molecule has 21 heavy (non-hydrogen) atoms. The molecule has 1 heterocycles. The highest BCUT2D eigenvalue weighted by Gasteiger charge is 2.09. The summed E-state index contributed by atoms with van der Waals surface area (Å²) in [6.07, 6.45) is 0. The second-order valence-electron chi connectivity index (χ2n) is 4.94. The van der Waals surface area contributed by atoms with Gasteiger partial charge in [-0.1, -0.05) is 0 Å². The largest absolute Gasteiger partial charge is 0.423 e. The lowest BCUT2D eigenvalue weighted by atomic mass is 10.1. The quantitative estimate of drug-likeness (QED) is 0.808. The number of rotatable bonds is 5. The van der Waals surface area contributed by atoms with Crippen LogP contribution >= 0.6 is 0 Å². The smallest absolute Gasteiger partial charge is 0.336 e. The van der Waals surface area contributed by atoms with Crippen molar-refractivity contribution >= 4 is 22.6 Å². The molecule has 2 rings (SSSR count). The van der Waals surface area contributed by atoms with Crippen molar-refractivity contribution < 1.29 is 14.3 Å². The molecule has 6 nitrogen and oxygen atoms in total. The van der Waals surface area contributed by atoms with Gasteiger partial charge < -0.3 is 14.8 Å². The van der Waals surface area contributed by atoms with Crippen molar-refractivity contribution in [3.05, 3.63) is 40.2 Å². The Balaban J connectivity index is 2.42. The van der Waals surface area contributed by atoms with Crippen molar-refractivity contribution in [2.75, 3.05) is 25.5 Å². The van der Waals surface area contributed by atoms with E-state index in [4.69, 9.17) is 9.52 Å². The second kappa shape index (κ2) is 6.51. The molecule has 0 unspecified atom stereocenters. The van der Waals surface area contributed by atoms with Crippen LogP contribution in [-0.2, 0) is 11.3 Å². The number of benzene rings is 1. The fourth-order valence-electron chi connectivity index (χ4n) is 2.18. The Bertz CT molecular complexity index is 708. The number of carbonyl (C=O) groups excluding carboxylic acids is 1. The number of nitrogens with one attached hydrogen (secondary N) is 1. The molecule has 6 heteroatoms. The third-order valence-corrected chi connectivity index (χ3v) is 3.07. The minimum absolute atomic E-state index is 0.0581. The van der Waals surface area contributed by atoms with Crippen LogP contribution in [0.3, 0.4) is 0 Å². The van der Waals surface area contributed by atoms with Crippen molar-refractivity contribution in [3.8, 4) is 0 Å². The molecule has 0 bridgehead atoms. The summed E-state index contributed by atoms with van der Waals surface area (Å²) >= 11 is 0. The number of nitrogens with zero attached hydrogens (tertiary/aromatic N) is 1. The van der Waals surface area contributed by atoms with Crippen LogP contribution in [0.25, 0.3) is 11.0 Å². The fourth-order valence-corrected chi connectivity index (χ4v) is 2.18. The van der Waals surface area contributed by atoms with E-state index >= 15 is 0 Å². The van der Waals surface area contributed by atoms with Crippen LogP contribution < -0.4 is 10.9 Å². The van der Waals surface area contributed by atoms with Gasteiger partial charge in [-0.25, -0.2) is 4.79 Å². The minimum atomic E-state index is -0.435. The number of carbonyl (C=O) groups is 1. The Kier molecular flexibility index (Phi) is 4.72. The third kappa shape index (κ3) is 3.90. The molecule has 0 aliphatic rings. The van der Waals surface area contributed by atoms with Gasteiger partial charge in [-0.05, 0) is 24.7 Å². The Hall–Kier alpha value is -2.18. The second-order valence-corrected chi connectivity index (χ2v) is 4.94. The molecule has 0 spiro atoms. The molecule has 112 valence electrons. The van der Waals surface area contributed by atoms with E-state index in [1.165, 1.54) is 13.0 Å². The molecule has 1 amide bonds. The monoisotopic (exact) mass is 290 g/mol. The standard InChI is InChI=1S/C15H18N2O4/c1-10(19)16-12-3-4-13-11(9-17(2)5-6-18)7-15(20)21-14(13)8-12/h3-4,7-8,18H,5-6,9H2,1-2H3,(H,16,19). The van der Waals surface area contributed by atoms with Crippen LogP contribution in [0, 0.1) is 0 Å². The highest BCUT2D eigenvalue weighted by molar-refractivity contribution is 5.92. The number of likely N-dealkylation sites (N-methyl/N-ethyl adjacent to an activating group) is 1. The summed E-state index contributed by atoms with van der Waals surface area (Å²) in [7, 11) is 1.86. The number of aliphatic hydroxyl groups excluding tert-OH is 1. The van der Waals surface area contributed by atoms with E-state index in [1.807, 2.05) is 18.0 Å². The van der Waals surface area contributed by atoms with Crippen LogP contribution in [0.2, 0.25) is 0 Å². The molecule has 1 aromatic heterocycles. The lowest BCUT2D eigenvalue weighted by molar-refractivity contribution is -0.114. The average molecular weight is 290 g/mol. The molecule has 0 aliphatic carbocycles. The molecule has 0 aliphatic heterocycles. The van der Waals surface area contributed by atoms with Gasteiger partial charge in [0.05, 0.1) is 6.61 Å². The normalized spacial score (nSPS) is 11.0. The van der Waals surface area contributed by atoms with E-state index in [2.05, 4.69) is 5.32 Å². The lowest BCUT2D eigenvalue weighted by Crippen LogP contribution is -2.22. The zero-order valence-electron chi connectivity index (χ0n) is 12.0. The van der Waals surface area contributed by atoms with E-state index in [0.29, 0.717) is 24.4 Å². The SMILES string of the molecule is CC(=O)Nc1ccc2c(CN(C)CCO)cc(=O)oc2c1. The average Bonchev–Trinajstić information content (AvgIpc) is 2.37. The van der Waals surface area contributed by atoms with E-state index < -0.39 is 5.63 Å². The van der Waals surface area contributed by atoms with E-state index in [9.17, 15) is 9.59 Å². The Morgan fingerprint density at radius 2 is 2.14 bits per heavy atom. The number of anilines is 1. The lowest BCUT2D eigenvalue weighted by Gasteiger charge is -2.16. The topological polar surface area (TPSA) is 82.8 Å². The van der Waals surface area contributed by atoms with Crippen molar-refractivity contribution in [2.24, 2.45) is 0 Å². The summed E-state index contributed by atoms with van der Waals surface area (Å²) in [6.45, 7) is 2.52. The predicted molar refractivity (Wildman–Crippen MR) is 80.2 cm³/mol. The third-order valence-electron chi connectivity index (χ3n) is 3.07. The first-order valence-corrected chi connectivity index (χ1v) is 6.63. The molecule has 1 aromatic carbocycles. The van der Waals surface area contributed by atoms with Crippen LogP contribution in [0.5, 0.6) is 0 Å². The number of fused-ring (bicyclic) bond motifs is 1. The molecule has 2 N–H and O–H groups in total. The van der Waals surface area contributed by atoms with Crippen LogP contribution in [0.1, 0.15) is 12.5 Å². The highest BCUT2D eigenvalue weighted by atomic mass is 16.4. The zero-order valence-corrected chi connectivity index (χ0v) is 12.0. The van der Waals surface area contributed by atoms with Crippen LogP contribution in [0.15, 0.2) is 33.5 Å². The first kappa shape index (κ1) is 15.2. The number of hydrogen-bond acceptors (Lipinski definition) is 5. The maximum absolute atomic E-state index is 11.7. The molecule has 2 aromatic rings. The molecule has 0 radical (unpaired) electrons. The summed E-state index contributed by atoms with van der Waals surface area (Å²) in [5, 5.41) is 12.4. The molecular formula is C15H18N2O4. The maximum Gasteiger partial charge on any atom is 0.336 e. The summed E-state index contributed by atoms with van der Waals surface area (Å²) in [6, 6.07) is 6.66. The Morgan fingerprint density at radius 1 is 1.38 bits per heavy atom.